The minimum atomic E-state index is -0.707. The maximum Gasteiger partial charge on any atom is 0.155 e. The average Bonchev–Trinajstić information content (AvgIpc) is 2.99. The molecule has 1 aromatic rings. The van der Waals surface area contributed by atoms with Crippen molar-refractivity contribution in [2.45, 2.75) is 50.3 Å². The van der Waals surface area contributed by atoms with Gasteiger partial charge in [0.15, 0.2) is 6.29 Å². The number of benzene rings is 1. The maximum atomic E-state index is 10.1. The van der Waals surface area contributed by atoms with Crippen LogP contribution in [0.2, 0.25) is 0 Å². The Morgan fingerprint density at radius 1 is 1.18 bits per heavy atom. The predicted octanol–water partition coefficient (Wildman–Crippen LogP) is 1.64. The molecule has 4 nitrogen and oxygen atoms in total. The van der Waals surface area contributed by atoms with Crippen molar-refractivity contribution in [3.05, 3.63) is 48.0 Å². The fourth-order valence-corrected chi connectivity index (χ4v) is 3.64. The van der Waals surface area contributed by atoms with Crippen molar-refractivity contribution in [1.29, 1.82) is 0 Å². The third-order valence-corrected chi connectivity index (χ3v) is 4.82. The molecule has 0 bridgehead atoms. The number of aliphatic hydroxyl groups is 3. The summed E-state index contributed by atoms with van der Waals surface area (Å²) in [6.07, 6.45) is 4.59. The third kappa shape index (κ3) is 3.58. The smallest absolute Gasteiger partial charge is 0.155 e. The molecule has 1 saturated carbocycles. The Labute approximate surface area is 131 Å². The van der Waals surface area contributed by atoms with E-state index in [0.29, 0.717) is 19.3 Å². The van der Waals surface area contributed by atoms with Crippen LogP contribution in [0.3, 0.4) is 0 Å². The van der Waals surface area contributed by atoms with Gasteiger partial charge in [-0.2, -0.15) is 0 Å². The van der Waals surface area contributed by atoms with Crippen LogP contribution < -0.4 is 0 Å². The standard InChI is InChI=1S/C18H24O4/c19-13(7-6-12-4-2-1-3-5-12)8-9-14-15-10-18(21)22-17(15)11-16(14)20/h1-5,8-9,13-21H,6-7,10-11H2/b9-8+/t13-,14-,15-,16-,17+,18?/m1/s1. The molecule has 2 fully saturated rings. The summed E-state index contributed by atoms with van der Waals surface area (Å²) in [5.74, 6) is 0.121. The van der Waals surface area contributed by atoms with Gasteiger partial charge in [-0.1, -0.05) is 42.5 Å². The lowest BCUT2D eigenvalue weighted by Crippen LogP contribution is -2.19. The van der Waals surface area contributed by atoms with Crippen LogP contribution in [0.5, 0.6) is 0 Å². The highest BCUT2D eigenvalue weighted by Gasteiger charge is 2.47. The van der Waals surface area contributed by atoms with Crippen molar-refractivity contribution in [2.75, 3.05) is 0 Å². The highest BCUT2D eigenvalue weighted by Crippen LogP contribution is 2.43. The summed E-state index contributed by atoms with van der Waals surface area (Å²) in [7, 11) is 0. The van der Waals surface area contributed by atoms with Crippen LogP contribution in [0.15, 0.2) is 42.5 Å². The number of rotatable bonds is 5. The molecule has 0 radical (unpaired) electrons. The maximum absolute atomic E-state index is 10.1. The second-order valence-corrected chi connectivity index (χ2v) is 6.39. The van der Waals surface area contributed by atoms with Gasteiger partial charge in [0, 0.05) is 18.8 Å². The van der Waals surface area contributed by atoms with Crippen LogP contribution in [-0.4, -0.2) is 39.9 Å². The molecule has 3 rings (SSSR count). The fourth-order valence-electron chi connectivity index (χ4n) is 3.64. The molecule has 1 unspecified atom stereocenters. The van der Waals surface area contributed by atoms with Crippen molar-refractivity contribution in [2.24, 2.45) is 11.8 Å². The molecule has 120 valence electrons. The Morgan fingerprint density at radius 2 is 1.95 bits per heavy atom. The number of aryl methyl sites for hydroxylation is 1. The van der Waals surface area contributed by atoms with Gasteiger partial charge in [-0.05, 0) is 24.3 Å². The van der Waals surface area contributed by atoms with Crippen molar-refractivity contribution in [1.82, 2.24) is 0 Å². The Bertz CT molecular complexity index is 501. The molecular formula is C18H24O4. The Morgan fingerprint density at radius 3 is 2.73 bits per heavy atom. The second-order valence-electron chi connectivity index (χ2n) is 6.39. The van der Waals surface area contributed by atoms with Crippen LogP contribution in [0.25, 0.3) is 0 Å². The van der Waals surface area contributed by atoms with Crippen LogP contribution >= 0.6 is 0 Å². The van der Waals surface area contributed by atoms with Gasteiger partial charge in [0.25, 0.3) is 0 Å². The molecule has 0 amide bonds. The largest absolute Gasteiger partial charge is 0.392 e. The Kier molecular flexibility index (Phi) is 4.93. The van der Waals surface area contributed by atoms with E-state index in [1.807, 2.05) is 24.3 Å². The zero-order valence-corrected chi connectivity index (χ0v) is 12.6. The van der Waals surface area contributed by atoms with Gasteiger partial charge < -0.3 is 20.1 Å². The van der Waals surface area contributed by atoms with Crippen LogP contribution in [0.4, 0.5) is 0 Å². The molecule has 22 heavy (non-hydrogen) atoms. The molecular weight excluding hydrogens is 280 g/mol. The average molecular weight is 304 g/mol. The van der Waals surface area contributed by atoms with Crippen LogP contribution in [-0.2, 0) is 11.2 Å². The zero-order chi connectivity index (χ0) is 15.5. The number of hydrogen-bond acceptors (Lipinski definition) is 4. The fraction of sp³-hybridized carbons (Fsp3) is 0.556. The lowest BCUT2D eigenvalue weighted by molar-refractivity contribution is -0.0949. The van der Waals surface area contributed by atoms with E-state index in [0.717, 1.165) is 6.42 Å². The Hall–Kier alpha value is -1.20. The molecule has 0 aromatic heterocycles. The van der Waals surface area contributed by atoms with Gasteiger partial charge in [-0.25, -0.2) is 0 Å². The van der Waals surface area contributed by atoms with Gasteiger partial charge in [0.2, 0.25) is 0 Å². The zero-order valence-electron chi connectivity index (χ0n) is 12.6. The number of hydrogen-bond donors (Lipinski definition) is 3. The normalized spacial score (nSPS) is 35.9. The van der Waals surface area contributed by atoms with E-state index >= 15 is 0 Å². The molecule has 0 spiro atoms. The van der Waals surface area contributed by atoms with Gasteiger partial charge in [-0.15, -0.1) is 0 Å². The molecule has 2 aliphatic rings. The molecule has 1 aromatic carbocycles. The molecule has 1 heterocycles. The van der Waals surface area contributed by atoms with E-state index in [2.05, 4.69) is 12.1 Å². The monoisotopic (exact) mass is 304 g/mol. The summed E-state index contributed by atoms with van der Waals surface area (Å²) in [6.45, 7) is 0. The topological polar surface area (TPSA) is 69.9 Å². The minimum absolute atomic E-state index is 0.0338. The molecule has 3 N–H and O–H groups in total. The molecule has 1 aliphatic carbocycles. The highest BCUT2D eigenvalue weighted by atomic mass is 16.6. The van der Waals surface area contributed by atoms with Crippen LogP contribution in [0, 0.1) is 11.8 Å². The highest BCUT2D eigenvalue weighted by molar-refractivity contribution is 5.15. The lowest BCUT2D eigenvalue weighted by atomic mass is 9.91. The Balaban J connectivity index is 1.52. The van der Waals surface area contributed by atoms with Gasteiger partial charge in [0.05, 0.1) is 18.3 Å². The summed E-state index contributed by atoms with van der Waals surface area (Å²) in [4.78, 5) is 0. The van der Waals surface area contributed by atoms with Crippen molar-refractivity contribution in [3.8, 4) is 0 Å². The van der Waals surface area contributed by atoms with E-state index in [4.69, 9.17) is 4.74 Å². The summed E-state index contributed by atoms with van der Waals surface area (Å²) in [5, 5.41) is 29.8. The second kappa shape index (κ2) is 6.92. The minimum Gasteiger partial charge on any atom is -0.392 e. The number of fused-ring (bicyclic) bond motifs is 1. The van der Waals surface area contributed by atoms with Gasteiger partial charge >= 0.3 is 0 Å². The van der Waals surface area contributed by atoms with E-state index in [1.165, 1.54) is 5.56 Å². The third-order valence-electron chi connectivity index (χ3n) is 4.82. The predicted molar refractivity (Wildman–Crippen MR) is 83.0 cm³/mol. The van der Waals surface area contributed by atoms with E-state index in [1.54, 1.807) is 6.08 Å². The first-order chi connectivity index (χ1) is 10.6. The van der Waals surface area contributed by atoms with Crippen LogP contribution in [0.1, 0.15) is 24.8 Å². The van der Waals surface area contributed by atoms with Crippen molar-refractivity contribution < 1.29 is 20.1 Å². The summed E-state index contributed by atoms with van der Waals surface area (Å²) in [6, 6.07) is 10.1. The first-order valence-electron chi connectivity index (χ1n) is 8.05. The molecule has 1 aliphatic heterocycles. The van der Waals surface area contributed by atoms with Crippen molar-refractivity contribution >= 4 is 0 Å². The molecule has 6 atom stereocenters. The summed E-state index contributed by atoms with van der Waals surface area (Å²) < 4.78 is 5.40. The number of aliphatic hydroxyl groups excluding tert-OH is 3. The lowest BCUT2D eigenvalue weighted by Gasteiger charge is -2.16. The van der Waals surface area contributed by atoms with Gasteiger partial charge in [-0.3, -0.25) is 0 Å². The first-order valence-corrected chi connectivity index (χ1v) is 8.05. The van der Waals surface area contributed by atoms with E-state index < -0.39 is 18.5 Å². The molecule has 1 saturated heterocycles. The summed E-state index contributed by atoms with van der Waals surface area (Å²) >= 11 is 0. The summed E-state index contributed by atoms with van der Waals surface area (Å²) in [5.41, 5.74) is 1.21. The number of ether oxygens (including phenoxy) is 1. The quantitative estimate of drug-likeness (QED) is 0.723. The first kappa shape index (κ1) is 15.7. The SMILES string of the molecule is OC1C[C@@H]2[C@@H](/C=C/[C@H](O)CCc3ccccc3)[C@H](O)C[C@@H]2O1. The van der Waals surface area contributed by atoms with E-state index in [9.17, 15) is 15.3 Å². The molecule has 4 heteroatoms. The van der Waals surface area contributed by atoms with Crippen molar-refractivity contribution in [3.63, 3.8) is 0 Å². The van der Waals surface area contributed by atoms with Gasteiger partial charge in [0.1, 0.15) is 0 Å². The van der Waals surface area contributed by atoms with E-state index in [-0.39, 0.29) is 17.9 Å².